The van der Waals surface area contributed by atoms with E-state index in [1.54, 1.807) is 13.0 Å². The molecule has 3 aromatic heterocycles. The fraction of sp³-hybridized carbons (Fsp3) is 0.0909. The molecule has 0 fully saturated rings. The van der Waals surface area contributed by atoms with Gasteiger partial charge in [-0.3, -0.25) is 10.1 Å². The molecule has 0 aliphatic rings. The molecule has 0 aromatic carbocycles. The molecule has 3 heterocycles. The van der Waals surface area contributed by atoms with E-state index in [9.17, 15) is 10.1 Å². The molecule has 0 bridgehead atoms. The predicted octanol–water partition coefficient (Wildman–Crippen LogP) is 2.49. The average Bonchev–Trinajstić information content (AvgIpc) is 3.08. The number of rotatable bonds is 4. The zero-order valence-corrected chi connectivity index (χ0v) is 11.4. The number of aryl methyl sites for hydroxylation is 1. The quantitative estimate of drug-likeness (QED) is 0.406. The Morgan fingerprint density at radius 1 is 1.29 bits per heavy atom. The minimum atomic E-state index is -0.569. The maximum atomic E-state index is 10.5. The standard InChI is InChI=1S/C11H7N5O4S/c1-6-8(2-3-19-6)9-14-15-11(20-9)21-10-12-4-7(5-13-10)16(17)18/h2-5H,1H3. The molecule has 106 valence electrons. The molecule has 0 saturated heterocycles. The number of nitrogens with zero attached hydrogens (tertiary/aromatic N) is 5. The van der Waals surface area contributed by atoms with Gasteiger partial charge in [0.15, 0.2) is 5.16 Å². The van der Waals surface area contributed by atoms with E-state index in [1.807, 2.05) is 0 Å². The van der Waals surface area contributed by atoms with Crippen LogP contribution in [0, 0.1) is 17.0 Å². The summed E-state index contributed by atoms with van der Waals surface area (Å²) in [5.74, 6) is 0.993. The van der Waals surface area contributed by atoms with Crippen LogP contribution >= 0.6 is 11.8 Å². The topological polar surface area (TPSA) is 121 Å². The molecule has 0 aliphatic heterocycles. The molecular formula is C11H7N5O4S. The van der Waals surface area contributed by atoms with Crippen LogP contribution in [0.1, 0.15) is 5.76 Å². The Balaban J connectivity index is 1.78. The highest BCUT2D eigenvalue weighted by molar-refractivity contribution is 7.98. The van der Waals surface area contributed by atoms with Gasteiger partial charge in [0.2, 0.25) is 0 Å². The van der Waals surface area contributed by atoms with Gasteiger partial charge in [-0.05, 0) is 13.0 Å². The lowest BCUT2D eigenvalue weighted by Gasteiger charge is -1.94. The molecule has 3 rings (SSSR count). The Labute approximate surface area is 121 Å². The number of furan rings is 1. The Bertz CT molecular complexity index is 782. The van der Waals surface area contributed by atoms with Crippen LogP contribution in [0.5, 0.6) is 0 Å². The lowest BCUT2D eigenvalue weighted by atomic mass is 10.3. The SMILES string of the molecule is Cc1occc1-c1nnc(Sc2ncc([N+](=O)[O-])cn2)o1. The molecule has 21 heavy (non-hydrogen) atoms. The maximum Gasteiger partial charge on any atom is 0.305 e. The van der Waals surface area contributed by atoms with Crippen molar-refractivity contribution in [3.05, 3.63) is 40.6 Å². The van der Waals surface area contributed by atoms with Gasteiger partial charge in [-0.25, -0.2) is 9.97 Å². The average molecular weight is 305 g/mol. The minimum absolute atomic E-state index is 0.181. The van der Waals surface area contributed by atoms with Gasteiger partial charge in [-0.15, -0.1) is 10.2 Å². The van der Waals surface area contributed by atoms with E-state index in [-0.39, 0.29) is 16.1 Å². The van der Waals surface area contributed by atoms with E-state index in [0.29, 0.717) is 17.2 Å². The summed E-state index contributed by atoms with van der Waals surface area (Å²) in [6, 6.07) is 1.72. The number of nitro groups is 1. The van der Waals surface area contributed by atoms with E-state index < -0.39 is 4.92 Å². The summed E-state index contributed by atoms with van der Waals surface area (Å²) in [6.07, 6.45) is 3.76. The number of aromatic nitrogens is 4. The van der Waals surface area contributed by atoms with Gasteiger partial charge in [-0.1, -0.05) is 0 Å². The van der Waals surface area contributed by atoms with Crippen molar-refractivity contribution in [2.24, 2.45) is 0 Å². The van der Waals surface area contributed by atoms with Crippen molar-refractivity contribution >= 4 is 17.4 Å². The molecule has 3 aromatic rings. The van der Waals surface area contributed by atoms with E-state index >= 15 is 0 Å². The molecule has 0 aliphatic carbocycles. The minimum Gasteiger partial charge on any atom is -0.469 e. The molecule has 0 saturated carbocycles. The summed E-state index contributed by atoms with van der Waals surface area (Å²) in [4.78, 5) is 17.6. The second kappa shape index (κ2) is 5.32. The van der Waals surface area contributed by atoms with Crippen molar-refractivity contribution < 1.29 is 13.8 Å². The Kier molecular flexibility index (Phi) is 3.36. The van der Waals surface area contributed by atoms with E-state index in [4.69, 9.17) is 8.83 Å². The van der Waals surface area contributed by atoms with Crippen LogP contribution < -0.4 is 0 Å². The van der Waals surface area contributed by atoms with Crippen LogP contribution in [0.3, 0.4) is 0 Å². The van der Waals surface area contributed by atoms with Crippen LogP contribution in [0.25, 0.3) is 11.5 Å². The van der Waals surface area contributed by atoms with E-state index in [1.165, 1.54) is 6.26 Å². The van der Waals surface area contributed by atoms with Crippen molar-refractivity contribution in [2.75, 3.05) is 0 Å². The molecule has 0 atom stereocenters. The smallest absolute Gasteiger partial charge is 0.305 e. The largest absolute Gasteiger partial charge is 0.469 e. The molecule has 0 amide bonds. The third kappa shape index (κ3) is 2.74. The molecule has 10 heteroatoms. The fourth-order valence-corrected chi connectivity index (χ4v) is 2.07. The van der Waals surface area contributed by atoms with Gasteiger partial charge in [0.25, 0.3) is 11.1 Å². The predicted molar refractivity (Wildman–Crippen MR) is 69.5 cm³/mol. The molecule has 0 N–H and O–H groups in total. The van der Waals surface area contributed by atoms with Gasteiger partial charge in [0.05, 0.1) is 16.7 Å². The molecule has 0 spiro atoms. The van der Waals surface area contributed by atoms with Crippen molar-refractivity contribution in [3.8, 4) is 11.5 Å². The highest BCUT2D eigenvalue weighted by atomic mass is 32.2. The van der Waals surface area contributed by atoms with Crippen LogP contribution in [-0.4, -0.2) is 25.1 Å². The maximum absolute atomic E-state index is 10.5. The highest BCUT2D eigenvalue weighted by Crippen LogP contribution is 2.28. The first kappa shape index (κ1) is 13.2. The number of hydrogen-bond donors (Lipinski definition) is 0. The number of hydrogen-bond acceptors (Lipinski definition) is 9. The fourth-order valence-electron chi connectivity index (χ4n) is 1.50. The Morgan fingerprint density at radius 2 is 2.05 bits per heavy atom. The van der Waals surface area contributed by atoms with Crippen LogP contribution in [-0.2, 0) is 0 Å². The monoisotopic (exact) mass is 305 g/mol. The van der Waals surface area contributed by atoms with Crippen molar-refractivity contribution in [3.63, 3.8) is 0 Å². The van der Waals surface area contributed by atoms with Gasteiger partial charge < -0.3 is 8.83 Å². The second-order valence-electron chi connectivity index (χ2n) is 3.85. The first-order chi connectivity index (χ1) is 10.1. The van der Waals surface area contributed by atoms with Gasteiger partial charge >= 0.3 is 5.69 Å². The molecular weight excluding hydrogens is 298 g/mol. The summed E-state index contributed by atoms with van der Waals surface area (Å²) >= 11 is 1.02. The first-order valence-corrected chi connectivity index (χ1v) is 6.47. The normalized spacial score (nSPS) is 10.7. The van der Waals surface area contributed by atoms with Gasteiger partial charge in [0, 0.05) is 11.8 Å². The van der Waals surface area contributed by atoms with E-state index in [2.05, 4.69) is 20.2 Å². The third-order valence-corrected chi connectivity index (χ3v) is 3.23. The van der Waals surface area contributed by atoms with Gasteiger partial charge in [0.1, 0.15) is 18.2 Å². The summed E-state index contributed by atoms with van der Waals surface area (Å²) in [5.41, 5.74) is 0.526. The molecule has 9 nitrogen and oxygen atoms in total. The molecule has 0 radical (unpaired) electrons. The summed E-state index contributed by atoms with van der Waals surface area (Å²) < 4.78 is 10.6. The zero-order valence-electron chi connectivity index (χ0n) is 10.6. The summed E-state index contributed by atoms with van der Waals surface area (Å²) in [7, 11) is 0. The summed E-state index contributed by atoms with van der Waals surface area (Å²) in [5, 5.41) is 18.8. The zero-order chi connectivity index (χ0) is 14.8. The van der Waals surface area contributed by atoms with Crippen LogP contribution in [0.2, 0.25) is 0 Å². The Morgan fingerprint density at radius 3 is 2.67 bits per heavy atom. The van der Waals surface area contributed by atoms with Crippen molar-refractivity contribution in [2.45, 2.75) is 17.3 Å². The molecule has 0 unspecified atom stereocenters. The van der Waals surface area contributed by atoms with Crippen molar-refractivity contribution in [1.82, 2.24) is 20.2 Å². The lowest BCUT2D eigenvalue weighted by molar-refractivity contribution is -0.385. The van der Waals surface area contributed by atoms with E-state index in [0.717, 1.165) is 24.2 Å². The third-order valence-electron chi connectivity index (χ3n) is 2.50. The first-order valence-electron chi connectivity index (χ1n) is 5.66. The van der Waals surface area contributed by atoms with Crippen molar-refractivity contribution in [1.29, 1.82) is 0 Å². The lowest BCUT2D eigenvalue weighted by Crippen LogP contribution is -1.92. The van der Waals surface area contributed by atoms with Gasteiger partial charge in [-0.2, -0.15) is 0 Å². The highest BCUT2D eigenvalue weighted by Gasteiger charge is 2.15. The van der Waals surface area contributed by atoms with Crippen LogP contribution in [0.4, 0.5) is 5.69 Å². The summed E-state index contributed by atoms with van der Waals surface area (Å²) in [6.45, 7) is 1.78. The van der Waals surface area contributed by atoms with Crippen LogP contribution in [0.15, 0.2) is 43.9 Å². The second-order valence-corrected chi connectivity index (χ2v) is 4.77. The Hall–Kier alpha value is -2.75.